The molecule has 2 aliphatic rings. The number of likely N-dealkylation sites (N-methyl/N-ethyl adjacent to an activating group) is 1. The number of hydrogen-bond donors (Lipinski definition) is 1. The van der Waals surface area contributed by atoms with Gasteiger partial charge < -0.3 is 10.2 Å². The summed E-state index contributed by atoms with van der Waals surface area (Å²) in [5, 5.41) is 3.70. The minimum absolute atomic E-state index is 0.482. The number of nitrogens with one attached hydrogen (secondary N) is 1. The van der Waals surface area contributed by atoms with E-state index in [2.05, 4.69) is 31.1 Å². The average molecular weight is 210 g/mol. The first-order valence-electron chi connectivity index (χ1n) is 6.53. The molecular formula is C13H26N2. The minimum Gasteiger partial charge on any atom is -0.312 e. The van der Waals surface area contributed by atoms with Crippen molar-refractivity contribution in [2.75, 3.05) is 20.1 Å². The van der Waals surface area contributed by atoms with Gasteiger partial charge in [-0.1, -0.05) is 20.3 Å². The molecular weight excluding hydrogens is 184 g/mol. The Labute approximate surface area is 94.4 Å². The molecule has 1 saturated heterocycles. The van der Waals surface area contributed by atoms with Crippen molar-refractivity contribution in [1.82, 2.24) is 10.2 Å². The molecule has 2 nitrogen and oxygen atoms in total. The van der Waals surface area contributed by atoms with Gasteiger partial charge in [0.05, 0.1) is 0 Å². The molecule has 0 bridgehead atoms. The van der Waals surface area contributed by atoms with Crippen molar-refractivity contribution in [2.45, 2.75) is 58.0 Å². The molecule has 0 amide bonds. The average Bonchev–Trinajstić information content (AvgIpc) is 2.05. The minimum atomic E-state index is 0.482. The molecule has 1 aliphatic heterocycles. The standard InChI is InChI=1S/C13H26N2/c1-13(2)8-5-9-14-12(13)10-15(3)11-6-4-7-11/h11-12,14H,4-10H2,1-3H3. The van der Waals surface area contributed by atoms with Gasteiger partial charge in [-0.3, -0.25) is 0 Å². The van der Waals surface area contributed by atoms with E-state index < -0.39 is 0 Å². The van der Waals surface area contributed by atoms with Crippen LogP contribution < -0.4 is 5.32 Å². The van der Waals surface area contributed by atoms with E-state index in [1.807, 2.05) is 0 Å². The number of rotatable bonds is 3. The molecule has 2 heteroatoms. The summed E-state index contributed by atoms with van der Waals surface area (Å²) >= 11 is 0. The van der Waals surface area contributed by atoms with Crippen LogP contribution in [0.3, 0.4) is 0 Å². The highest BCUT2D eigenvalue weighted by Gasteiger charge is 2.34. The number of nitrogens with zero attached hydrogens (tertiary/aromatic N) is 1. The van der Waals surface area contributed by atoms with Gasteiger partial charge in [0, 0.05) is 18.6 Å². The van der Waals surface area contributed by atoms with Gasteiger partial charge in [-0.25, -0.2) is 0 Å². The van der Waals surface area contributed by atoms with Crippen LogP contribution in [0.4, 0.5) is 0 Å². The Kier molecular flexibility index (Phi) is 3.36. The van der Waals surface area contributed by atoms with E-state index in [-0.39, 0.29) is 0 Å². The summed E-state index contributed by atoms with van der Waals surface area (Å²) in [7, 11) is 2.30. The lowest BCUT2D eigenvalue weighted by Gasteiger charge is -2.44. The maximum atomic E-state index is 3.70. The lowest BCUT2D eigenvalue weighted by atomic mass is 9.77. The van der Waals surface area contributed by atoms with Gasteiger partial charge >= 0.3 is 0 Å². The lowest BCUT2D eigenvalue weighted by molar-refractivity contribution is 0.0909. The van der Waals surface area contributed by atoms with Crippen LogP contribution in [0.5, 0.6) is 0 Å². The van der Waals surface area contributed by atoms with Crippen LogP contribution in [0.2, 0.25) is 0 Å². The highest BCUT2D eigenvalue weighted by Crippen LogP contribution is 2.32. The molecule has 2 fully saturated rings. The van der Waals surface area contributed by atoms with E-state index in [1.54, 1.807) is 0 Å². The third-order valence-corrected chi connectivity index (χ3v) is 4.50. The Morgan fingerprint density at radius 3 is 2.53 bits per heavy atom. The van der Waals surface area contributed by atoms with Crippen molar-refractivity contribution in [1.29, 1.82) is 0 Å². The second kappa shape index (κ2) is 4.42. The quantitative estimate of drug-likeness (QED) is 0.768. The van der Waals surface area contributed by atoms with E-state index >= 15 is 0 Å². The lowest BCUT2D eigenvalue weighted by Crippen LogP contribution is -2.54. The molecule has 0 spiro atoms. The van der Waals surface area contributed by atoms with Crippen molar-refractivity contribution < 1.29 is 0 Å². The van der Waals surface area contributed by atoms with Crippen molar-refractivity contribution >= 4 is 0 Å². The second-order valence-electron chi connectivity index (χ2n) is 6.12. The van der Waals surface area contributed by atoms with Gasteiger partial charge in [-0.15, -0.1) is 0 Å². The number of piperidine rings is 1. The number of hydrogen-bond acceptors (Lipinski definition) is 2. The van der Waals surface area contributed by atoms with Crippen LogP contribution >= 0.6 is 0 Å². The van der Waals surface area contributed by atoms with Crippen molar-refractivity contribution in [2.24, 2.45) is 5.41 Å². The summed E-state index contributed by atoms with van der Waals surface area (Å²) in [6, 6.07) is 1.57. The molecule has 1 atom stereocenters. The fourth-order valence-corrected chi connectivity index (χ4v) is 2.85. The third kappa shape index (κ3) is 2.54. The third-order valence-electron chi connectivity index (χ3n) is 4.50. The summed E-state index contributed by atoms with van der Waals surface area (Å²) < 4.78 is 0. The second-order valence-corrected chi connectivity index (χ2v) is 6.12. The van der Waals surface area contributed by atoms with E-state index in [4.69, 9.17) is 0 Å². The summed E-state index contributed by atoms with van der Waals surface area (Å²) in [5.74, 6) is 0. The van der Waals surface area contributed by atoms with Crippen LogP contribution in [-0.4, -0.2) is 37.1 Å². The van der Waals surface area contributed by atoms with Gasteiger partial charge in [0.1, 0.15) is 0 Å². The zero-order valence-corrected chi connectivity index (χ0v) is 10.6. The van der Waals surface area contributed by atoms with E-state index in [0.717, 1.165) is 6.04 Å². The summed E-state index contributed by atoms with van der Waals surface area (Å²) in [6.07, 6.45) is 7.00. The molecule has 2 rings (SSSR count). The summed E-state index contributed by atoms with van der Waals surface area (Å²) in [6.45, 7) is 7.28. The van der Waals surface area contributed by atoms with Crippen molar-refractivity contribution in [3.63, 3.8) is 0 Å². The first-order valence-corrected chi connectivity index (χ1v) is 6.53. The van der Waals surface area contributed by atoms with Gasteiger partial charge in [-0.2, -0.15) is 0 Å². The topological polar surface area (TPSA) is 15.3 Å². The van der Waals surface area contributed by atoms with Gasteiger partial charge in [-0.05, 0) is 44.7 Å². The summed E-state index contributed by atoms with van der Waals surface area (Å²) in [4.78, 5) is 2.58. The van der Waals surface area contributed by atoms with Crippen LogP contribution in [0, 0.1) is 5.41 Å². The van der Waals surface area contributed by atoms with E-state index in [1.165, 1.54) is 45.2 Å². The Balaban J connectivity index is 1.85. The molecule has 0 aromatic carbocycles. The zero-order chi connectivity index (χ0) is 10.9. The smallest absolute Gasteiger partial charge is 0.0246 e. The maximum Gasteiger partial charge on any atom is 0.0246 e. The van der Waals surface area contributed by atoms with Crippen LogP contribution in [0.25, 0.3) is 0 Å². The Hall–Kier alpha value is -0.0800. The molecule has 15 heavy (non-hydrogen) atoms. The first kappa shape index (κ1) is 11.4. The molecule has 0 radical (unpaired) electrons. The molecule has 1 aliphatic carbocycles. The SMILES string of the molecule is CN(CC1NCCCC1(C)C)C1CCC1. The highest BCUT2D eigenvalue weighted by atomic mass is 15.2. The molecule has 0 aromatic heterocycles. The monoisotopic (exact) mass is 210 g/mol. The highest BCUT2D eigenvalue weighted by molar-refractivity contribution is 4.91. The van der Waals surface area contributed by atoms with Crippen LogP contribution in [0.1, 0.15) is 46.0 Å². The Bertz CT molecular complexity index is 209. The predicted molar refractivity (Wildman–Crippen MR) is 65.1 cm³/mol. The summed E-state index contributed by atoms with van der Waals surface area (Å²) in [5.41, 5.74) is 0.482. The Morgan fingerprint density at radius 1 is 1.27 bits per heavy atom. The molecule has 1 heterocycles. The van der Waals surface area contributed by atoms with Gasteiger partial charge in [0.2, 0.25) is 0 Å². The molecule has 88 valence electrons. The van der Waals surface area contributed by atoms with Crippen molar-refractivity contribution in [3.8, 4) is 0 Å². The van der Waals surface area contributed by atoms with Gasteiger partial charge in [0.25, 0.3) is 0 Å². The first-order chi connectivity index (χ1) is 7.09. The molecule has 0 aromatic rings. The van der Waals surface area contributed by atoms with Crippen molar-refractivity contribution in [3.05, 3.63) is 0 Å². The van der Waals surface area contributed by atoms with E-state index in [9.17, 15) is 0 Å². The van der Waals surface area contributed by atoms with Crippen LogP contribution in [-0.2, 0) is 0 Å². The van der Waals surface area contributed by atoms with Crippen LogP contribution in [0.15, 0.2) is 0 Å². The Morgan fingerprint density at radius 2 is 2.00 bits per heavy atom. The van der Waals surface area contributed by atoms with Gasteiger partial charge in [0.15, 0.2) is 0 Å². The molecule has 1 saturated carbocycles. The largest absolute Gasteiger partial charge is 0.312 e. The fraction of sp³-hybridized carbons (Fsp3) is 1.00. The van der Waals surface area contributed by atoms with E-state index in [0.29, 0.717) is 11.5 Å². The fourth-order valence-electron chi connectivity index (χ4n) is 2.85. The zero-order valence-electron chi connectivity index (χ0n) is 10.6. The normalized spacial score (nSPS) is 31.6. The maximum absolute atomic E-state index is 3.70. The molecule has 1 N–H and O–H groups in total. The predicted octanol–water partition coefficient (Wildman–Crippen LogP) is 2.25. The molecule has 1 unspecified atom stereocenters.